The number of nitrogens with zero attached hydrogens (tertiary/aromatic N) is 1. The Balaban J connectivity index is 2.43. The summed E-state index contributed by atoms with van der Waals surface area (Å²) < 4.78 is 5.33. The first-order valence-corrected chi connectivity index (χ1v) is 6.05. The van der Waals surface area contributed by atoms with E-state index in [1.54, 1.807) is 0 Å². The predicted molar refractivity (Wildman–Crippen MR) is 60.6 cm³/mol. The highest BCUT2D eigenvalue weighted by molar-refractivity contribution is 5.78. The van der Waals surface area contributed by atoms with Crippen molar-refractivity contribution in [3.8, 4) is 0 Å². The van der Waals surface area contributed by atoms with E-state index < -0.39 is 0 Å². The summed E-state index contributed by atoms with van der Waals surface area (Å²) in [5, 5.41) is 0. The molecule has 3 heteroatoms. The van der Waals surface area contributed by atoms with Gasteiger partial charge in [0.2, 0.25) is 5.91 Å². The van der Waals surface area contributed by atoms with Crippen LogP contribution in [0.2, 0.25) is 0 Å². The summed E-state index contributed by atoms with van der Waals surface area (Å²) in [6.45, 7) is 9.50. The molecule has 0 radical (unpaired) electrons. The Morgan fingerprint density at radius 3 is 2.73 bits per heavy atom. The van der Waals surface area contributed by atoms with Crippen LogP contribution in [0, 0.1) is 11.8 Å². The minimum Gasteiger partial charge on any atom is -0.381 e. The molecular formula is C12H23NO2. The fraction of sp³-hybridized carbons (Fsp3) is 0.917. The SMILES string of the molecule is CC[C@H](C)C(=O)N(CC)C[C@@H]1CCOC1. The van der Waals surface area contributed by atoms with Crippen molar-refractivity contribution >= 4 is 5.91 Å². The number of rotatable bonds is 5. The Morgan fingerprint density at radius 1 is 1.53 bits per heavy atom. The van der Waals surface area contributed by atoms with Crippen LogP contribution in [0.15, 0.2) is 0 Å². The molecule has 0 bridgehead atoms. The second-order valence-corrected chi connectivity index (χ2v) is 4.42. The molecule has 1 aliphatic rings. The van der Waals surface area contributed by atoms with Crippen LogP contribution >= 0.6 is 0 Å². The van der Waals surface area contributed by atoms with E-state index in [0.29, 0.717) is 11.8 Å². The topological polar surface area (TPSA) is 29.5 Å². The first-order chi connectivity index (χ1) is 7.19. The molecule has 1 aliphatic heterocycles. The zero-order valence-corrected chi connectivity index (χ0v) is 10.2. The minimum atomic E-state index is 0.160. The molecule has 0 spiro atoms. The van der Waals surface area contributed by atoms with Crippen molar-refractivity contribution in [3.05, 3.63) is 0 Å². The Labute approximate surface area is 92.8 Å². The van der Waals surface area contributed by atoms with Crippen molar-refractivity contribution in [2.24, 2.45) is 11.8 Å². The van der Waals surface area contributed by atoms with Crippen LogP contribution in [0.1, 0.15) is 33.6 Å². The standard InChI is InChI=1S/C12H23NO2/c1-4-10(3)12(14)13(5-2)8-11-6-7-15-9-11/h10-11H,4-9H2,1-3H3/t10-,11-/m0/s1. The van der Waals surface area contributed by atoms with Gasteiger partial charge in [-0.25, -0.2) is 0 Å². The zero-order chi connectivity index (χ0) is 11.3. The predicted octanol–water partition coefficient (Wildman–Crippen LogP) is 1.92. The Morgan fingerprint density at radius 2 is 2.27 bits per heavy atom. The van der Waals surface area contributed by atoms with Crippen LogP contribution in [0.25, 0.3) is 0 Å². The molecule has 1 saturated heterocycles. The van der Waals surface area contributed by atoms with Gasteiger partial charge in [0, 0.05) is 31.5 Å². The van der Waals surface area contributed by atoms with Crippen LogP contribution in [0.4, 0.5) is 0 Å². The van der Waals surface area contributed by atoms with Gasteiger partial charge in [0.25, 0.3) is 0 Å². The maximum absolute atomic E-state index is 12.0. The van der Waals surface area contributed by atoms with E-state index >= 15 is 0 Å². The smallest absolute Gasteiger partial charge is 0.225 e. The number of amides is 1. The van der Waals surface area contributed by atoms with Gasteiger partial charge in [-0.05, 0) is 19.8 Å². The normalized spacial score (nSPS) is 22.7. The molecule has 1 fully saturated rings. The molecule has 1 rings (SSSR count). The average Bonchev–Trinajstić information content (AvgIpc) is 2.76. The fourth-order valence-electron chi connectivity index (χ4n) is 1.90. The quantitative estimate of drug-likeness (QED) is 0.698. The molecule has 0 N–H and O–H groups in total. The van der Waals surface area contributed by atoms with Gasteiger partial charge in [-0.1, -0.05) is 13.8 Å². The van der Waals surface area contributed by atoms with Crippen LogP contribution in [-0.4, -0.2) is 37.1 Å². The van der Waals surface area contributed by atoms with E-state index in [9.17, 15) is 4.79 Å². The molecule has 0 aromatic carbocycles. The average molecular weight is 213 g/mol. The van der Waals surface area contributed by atoms with E-state index in [4.69, 9.17) is 4.74 Å². The van der Waals surface area contributed by atoms with Crippen molar-refractivity contribution < 1.29 is 9.53 Å². The third-order valence-electron chi connectivity index (χ3n) is 3.23. The summed E-state index contributed by atoms with van der Waals surface area (Å²) in [5.41, 5.74) is 0. The monoisotopic (exact) mass is 213 g/mol. The number of carbonyl (C=O) groups excluding carboxylic acids is 1. The summed E-state index contributed by atoms with van der Waals surface area (Å²) in [5.74, 6) is 1.01. The largest absolute Gasteiger partial charge is 0.381 e. The lowest BCUT2D eigenvalue weighted by molar-refractivity contribution is -0.135. The number of ether oxygens (including phenoxy) is 1. The maximum Gasteiger partial charge on any atom is 0.225 e. The molecule has 0 saturated carbocycles. The molecule has 0 aliphatic carbocycles. The highest BCUT2D eigenvalue weighted by Gasteiger charge is 2.23. The zero-order valence-electron chi connectivity index (χ0n) is 10.2. The van der Waals surface area contributed by atoms with Gasteiger partial charge >= 0.3 is 0 Å². The minimum absolute atomic E-state index is 0.160. The van der Waals surface area contributed by atoms with Gasteiger partial charge in [-0.15, -0.1) is 0 Å². The van der Waals surface area contributed by atoms with Crippen molar-refractivity contribution in [2.75, 3.05) is 26.3 Å². The second kappa shape index (κ2) is 6.11. The Bertz CT molecular complexity index is 200. The first kappa shape index (κ1) is 12.5. The van der Waals surface area contributed by atoms with E-state index in [1.165, 1.54) is 0 Å². The summed E-state index contributed by atoms with van der Waals surface area (Å²) >= 11 is 0. The molecule has 1 heterocycles. The van der Waals surface area contributed by atoms with E-state index in [0.717, 1.165) is 39.1 Å². The lowest BCUT2D eigenvalue weighted by atomic mass is 10.0. The maximum atomic E-state index is 12.0. The van der Waals surface area contributed by atoms with Crippen molar-refractivity contribution in [2.45, 2.75) is 33.6 Å². The Kier molecular flexibility index (Phi) is 5.09. The van der Waals surface area contributed by atoms with Crippen LogP contribution in [0.5, 0.6) is 0 Å². The van der Waals surface area contributed by atoms with Gasteiger partial charge in [0.15, 0.2) is 0 Å². The third-order valence-corrected chi connectivity index (χ3v) is 3.23. The molecule has 15 heavy (non-hydrogen) atoms. The second-order valence-electron chi connectivity index (χ2n) is 4.42. The van der Waals surface area contributed by atoms with Crippen molar-refractivity contribution in [3.63, 3.8) is 0 Å². The lowest BCUT2D eigenvalue weighted by Crippen LogP contribution is -2.38. The summed E-state index contributed by atoms with van der Waals surface area (Å²) in [4.78, 5) is 14.0. The van der Waals surface area contributed by atoms with Crippen LogP contribution in [-0.2, 0) is 9.53 Å². The van der Waals surface area contributed by atoms with Crippen molar-refractivity contribution in [1.29, 1.82) is 0 Å². The molecule has 88 valence electrons. The summed E-state index contributed by atoms with van der Waals surface area (Å²) in [6.07, 6.45) is 2.03. The molecule has 0 unspecified atom stereocenters. The number of hydrogen-bond acceptors (Lipinski definition) is 2. The molecule has 0 aromatic heterocycles. The van der Waals surface area contributed by atoms with Gasteiger partial charge in [-0.3, -0.25) is 4.79 Å². The molecular weight excluding hydrogens is 190 g/mol. The van der Waals surface area contributed by atoms with Crippen LogP contribution in [0.3, 0.4) is 0 Å². The molecule has 3 nitrogen and oxygen atoms in total. The van der Waals surface area contributed by atoms with Gasteiger partial charge < -0.3 is 9.64 Å². The summed E-state index contributed by atoms with van der Waals surface area (Å²) in [7, 11) is 0. The van der Waals surface area contributed by atoms with E-state index in [-0.39, 0.29) is 5.92 Å². The third kappa shape index (κ3) is 3.49. The van der Waals surface area contributed by atoms with Gasteiger partial charge in [0.1, 0.15) is 0 Å². The van der Waals surface area contributed by atoms with Gasteiger partial charge in [-0.2, -0.15) is 0 Å². The fourth-order valence-corrected chi connectivity index (χ4v) is 1.90. The molecule has 1 amide bonds. The first-order valence-electron chi connectivity index (χ1n) is 6.05. The number of hydrogen-bond donors (Lipinski definition) is 0. The molecule has 0 aromatic rings. The molecule has 2 atom stereocenters. The van der Waals surface area contributed by atoms with E-state index in [2.05, 4.69) is 13.8 Å². The highest BCUT2D eigenvalue weighted by Crippen LogP contribution is 2.16. The summed E-state index contributed by atoms with van der Waals surface area (Å²) in [6, 6.07) is 0. The van der Waals surface area contributed by atoms with E-state index in [1.807, 2.05) is 11.8 Å². The Hall–Kier alpha value is -0.570. The van der Waals surface area contributed by atoms with Crippen LogP contribution < -0.4 is 0 Å². The van der Waals surface area contributed by atoms with Gasteiger partial charge in [0.05, 0.1) is 6.61 Å². The highest BCUT2D eigenvalue weighted by atomic mass is 16.5. The lowest BCUT2D eigenvalue weighted by Gasteiger charge is -2.26. The number of carbonyl (C=O) groups is 1. The van der Waals surface area contributed by atoms with Crippen molar-refractivity contribution in [1.82, 2.24) is 4.90 Å².